The van der Waals surface area contributed by atoms with Gasteiger partial charge < -0.3 is 28.9 Å². The van der Waals surface area contributed by atoms with E-state index in [0.29, 0.717) is 13.2 Å². The lowest BCUT2D eigenvalue weighted by Gasteiger charge is -2.69. The molecule has 0 bridgehead atoms. The normalized spacial score (nSPS) is 45.7. The van der Waals surface area contributed by atoms with Crippen molar-refractivity contribution in [2.24, 2.45) is 153 Å². The lowest BCUT2D eigenvalue weighted by Crippen LogP contribution is -2.67. The van der Waals surface area contributed by atoms with Crippen LogP contribution in [0.3, 0.4) is 0 Å². The lowest BCUT2D eigenvalue weighted by atomic mass is 9.33. The van der Waals surface area contributed by atoms with Gasteiger partial charge in [-0.25, -0.2) is 0 Å². The predicted molar refractivity (Wildman–Crippen MR) is 360 cm³/mol. The number of benzene rings is 1. The zero-order valence-corrected chi connectivity index (χ0v) is 57.2. The third-order valence-electron chi connectivity index (χ3n) is 32.3. The number of ether oxygens (including phenoxy) is 3. The summed E-state index contributed by atoms with van der Waals surface area (Å²) in [4.78, 5) is 11.4. The summed E-state index contributed by atoms with van der Waals surface area (Å²) in [5, 5.41) is 0. The van der Waals surface area contributed by atoms with Gasteiger partial charge in [-0.15, -0.1) is 0 Å². The van der Waals surface area contributed by atoms with Gasteiger partial charge in [0, 0.05) is 48.6 Å². The molecule has 1 aromatic rings. The van der Waals surface area contributed by atoms with Crippen LogP contribution in [0.2, 0.25) is 0 Å². The minimum atomic E-state index is 0.0608. The fourth-order valence-electron chi connectivity index (χ4n) is 31.3. The molecule has 27 unspecified atom stereocenters. The molecule has 1 aromatic carbocycles. The molecular weight excluding hydrogens is 1090 g/mol. The van der Waals surface area contributed by atoms with Crippen LogP contribution >= 0.6 is 0 Å². The van der Waals surface area contributed by atoms with Crippen LogP contribution in [-0.2, 0) is 0 Å². The fraction of sp³-hybridized carbons (Fsp3) is 0.854. The maximum atomic E-state index is 7.92. The molecule has 7 heteroatoms. The molecule has 18 rings (SSSR count). The van der Waals surface area contributed by atoms with Gasteiger partial charge >= 0.3 is 0 Å². The van der Waals surface area contributed by atoms with Gasteiger partial charge in [0.1, 0.15) is 0 Å². The summed E-state index contributed by atoms with van der Waals surface area (Å²) in [7, 11) is 2.69. The number of unbranched alkanes of at least 4 members (excludes halogenated alkanes) is 6. The molecule has 17 aliphatic rings. The number of allylic oxidation sites excluding steroid dienone is 4. The second kappa shape index (κ2) is 22.9. The molecule has 14 fully saturated rings. The fourth-order valence-corrected chi connectivity index (χ4v) is 31.3. The second-order valence-electron chi connectivity index (χ2n) is 34.8. The van der Waals surface area contributed by atoms with E-state index < -0.39 is 0 Å². The summed E-state index contributed by atoms with van der Waals surface area (Å²) in [5.41, 5.74) is 9.75. The van der Waals surface area contributed by atoms with Crippen LogP contribution in [0.5, 0.6) is 17.2 Å². The van der Waals surface area contributed by atoms with E-state index >= 15 is 0 Å². The van der Waals surface area contributed by atoms with Crippen molar-refractivity contribution in [1.82, 2.24) is 19.6 Å². The number of hydrogen-bond donors (Lipinski definition) is 0. The van der Waals surface area contributed by atoms with Gasteiger partial charge in [-0.05, 0) is 321 Å². The van der Waals surface area contributed by atoms with E-state index in [9.17, 15) is 0 Å². The summed E-state index contributed by atoms with van der Waals surface area (Å²) in [6, 6.07) is 5.39. The van der Waals surface area contributed by atoms with Crippen LogP contribution in [0.1, 0.15) is 201 Å². The molecule has 89 heavy (non-hydrogen) atoms. The van der Waals surface area contributed by atoms with Crippen molar-refractivity contribution in [3.63, 3.8) is 0 Å². The van der Waals surface area contributed by atoms with E-state index in [1.807, 2.05) is 11.1 Å². The zero-order valence-electron chi connectivity index (χ0n) is 57.2. The SMILES string of the molecule is CCCCN(CCCC)CCCOc1ccc(C2N(C)CC34C5=C6CCC7C8CCC9C%10CCC%11C%12CCC%13=C(C=C5)C23C2C%13C%12C3C%11C%10C5C9C8C8C7C6C4C4C8C5C3C42)c(OCCCN(CCCC)CCCC)c1OCCCN(CCCC)CCCC. The first-order chi connectivity index (χ1) is 43.9. The van der Waals surface area contributed by atoms with E-state index in [1.165, 1.54) is 154 Å². The Labute approximate surface area is 540 Å². The first-order valence-electron chi connectivity index (χ1n) is 40.0. The monoisotopic (exact) mass is 1210 g/mol. The minimum absolute atomic E-state index is 0.0608. The molecule has 1 saturated heterocycles. The van der Waals surface area contributed by atoms with Gasteiger partial charge in [-0.2, -0.15) is 0 Å². The number of hydrogen-bond acceptors (Lipinski definition) is 7. The van der Waals surface area contributed by atoms with Crippen molar-refractivity contribution < 1.29 is 14.2 Å². The Bertz CT molecular complexity index is 2900. The maximum Gasteiger partial charge on any atom is 0.203 e. The lowest BCUT2D eigenvalue weighted by molar-refractivity contribution is -0.190. The predicted octanol–water partition coefficient (Wildman–Crippen LogP) is 16.9. The molecule has 0 radical (unpaired) electrons. The van der Waals surface area contributed by atoms with E-state index in [4.69, 9.17) is 14.2 Å². The first-order valence-corrected chi connectivity index (χ1v) is 40.0. The van der Waals surface area contributed by atoms with E-state index in [1.54, 1.807) is 25.7 Å². The Morgan fingerprint density at radius 3 is 1.28 bits per heavy atom. The number of rotatable bonds is 34. The van der Waals surface area contributed by atoms with Gasteiger partial charge in [0.2, 0.25) is 5.75 Å². The Kier molecular flexibility index (Phi) is 15.3. The largest absolute Gasteiger partial charge is 0.489 e. The van der Waals surface area contributed by atoms with E-state index in [0.717, 1.165) is 205 Å². The van der Waals surface area contributed by atoms with E-state index in [2.05, 4.69) is 104 Å². The van der Waals surface area contributed by atoms with Gasteiger partial charge in [-0.3, -0.25) is 4.90 Å². The highest BCUT2D eigenvalue weighted by Gasteiger charge is 2.93. The average Bonchev–Trinajstić information content (AvgIpc) is 1.42. The Morgan fingerprint density at radius 1 is 0.404 bits per heavy atom. The second-order valence-corrected chi connectivity index (χ2v) is 34.8. The van der Waals surface area contributed by atoms with E-state index in [-0.39, 0.29) is 16.9 Å². The van der Waals surface area contributed by atoms with Crippen molar-refractivity contribution >= 4 is 0 Å². The Balaban J connectivity index is 0.792. The van der Waals surface area contributed by atoms with Gasteiger partial charge in [-0.1, -0.05) is 103 Å². The topological polar surface area (TPSA) is 40.6 Å². The average molecular weight is 1210 g/mol. The summed E-state index contributed by atoms with van der Waals surface area (Å²) < 4.78 is 22.9. The van der Waals surface area contributed by atoms with Crippen LogP contribution < -0.4 is 14.2 Å². The van der Waals surface area contributed by atoms with Crippen molar-refractivity contribution in [3.05, 3.63) is 52.1 Å². The highest BCUT2D eigenvalue weighted by Crippen LogP contribution is 2.96. The Hall–Kier alpha value is -2.32. The zero-order chi connectivity index (χ0) is 59.8. The highest BCUT2D eigenvalue weighted by atomic mass is 16.5. The minimum Gasteiger partial charge on any atom is -0.489 e. The van der Waals surface area contributed by atoms with Gasteiger partial charge in [0.05, 0.1) is 19.8 Å². The molecule has 1 heterocycles. The third-order valence-corrected chi connectivity index (χ3v) is 32.3. The van der Waals surface area contributed by atoms with Crippen LogP contribution in [-0.4, -0.2) is 112 Å². The molecule has 2 spiro atoms. The van der Waals surface area contributed by atoms with Crippen molar-refractivity contribution in [2.45, 2.75) is 195 Å². The highest BCUT2D eigenvalue weighted by molar-refractivity contribution is 5.67. The van der Waals surface area contributed by atoms with Crippen LogP contribution in [0, 0.1) is 153 Å². The number of fused-ring (bicyclic) bond motifs is 3. The molecule has 0 amide bonds. The van der Waals surface area contributed by atoms with Crippen LogP contribution in [0.15, 0.2) is 46.6 Å². The molecule has 13 saturated carbocycles. The van der Waals surface area contributed by atoms with Crippen molar-refractivity contribution in [3.8, 4) is 17.2 Å². The van der Waals surface area contributed by atoms with Gasteiger partial charge in [0.15, 0.2) is 11.5 Å². The number of nitrogens with zero attached hydrogens (tertiary/aromatic N) is 4. The van der Waals surface area contributed by atoms with Crippen LogP contribution in [0.4, 0.5) is 0 Å². The number of likely N-dealkylation sites (tertiary alicyclic amines) is 1. The Morgan fingerprint density at radius 2 is 0.787 bits per heavy atom. The third kappa shape index (κ3) is 7.84. The summed E-state index contributed by atoms with van der Waals surface area (Å²) in [5.74, 6) is 27.0. The molecule has 7 nitrogen and oxygen atoms in total. The van der Waals surface area contributed by atoms with Crippen molar-refractivity contribution in [1.29, 1.82) is 0 Å². The quantitative estimate of drug-likeness (QED) is 0.0637. The molecule has 16 aliphatic carbocycles. The molecule has 488 valence electrons. The standard InChI is InChI=1S/C82H122N4O3/c1-8-14-35-84(36-15-9-2)41-20-44-87-59-34-31-56(78(88-45-21-42-85(37-16-10-3)38-17-11-4)79(59)89-46-22-43-86(39-18-12-5)40-19-13-6)80-82-58-33-32-57-54-29-27-52-50-25-23-48-49-24-26-51-53-28-30-55(58)67-65(53)70-63(51)61(49)68-60(48)62(50)69-64(52)66(54)76(81(57,82)47-83(80)7)74-72(69)71(68)73(70)75(74)77(67)82/h31-34,48-53,60-77,80H,8-30,35-47H2,1-7H3. The molecule has 0 aromatic heterocycles. The molecule has 27 atom stereocenters. The first kappa shape index (κ1) is 59.2. The van der Waals surface area contributed by atoms with Gasteiger partial charge in [0.25, 0.3) is 0 Å². The summed E-state index contributed by atoms with van der Waals surface area (Å²) >= 11 is 0. The molecule has 1 aliphatic heterocycles. The summed E-state index contributed by atoms with van der Waals surface area (Å²) in [6.45, 7) is 28.0. The molecule has 0 N–H and O–H groups in total. The molecular formula is C82H122N4O3. The van der Waals surface area contributed by atoms with Crippen molar-refractivity contribution in [2.75, 3.05) is 92.3 Å². The smallest absolute Gasteiger partial charge is 0.203 e. The maximum absolute atomic E-state index is 7.92. The summed E-state index contributed by atoms with van der Waals surface area (Å²) in [6.07, 6.45) is 36.6. The van der Waals surface area contributed by atoms with Crippen LogP contribution in [0.25, 0.3) is 0 Å².